The lowest BCUT2D eigenvalue weighted by Gasteiger charge is -2.22. The van der Waals surface area contributed by atoms with Gasteiger partial charge in [0.25, 0.3) is 5.91 Å². The maximum Gasteiger partial charge on any atom is 0.252 e. The maximum atomic E-state index is 12.0. The second-order valence-electron chi connectivity index (χ2n) is 13.5. The van der Waals surface area contributed by atoms with E-state index in [0.29, 0.717) is 151 Å². The zero-order chi connectivity index (χ0) is 44.0. The highest BCUT2D eigenvalue weighted by Crippen LogP contribution is 2.08. The van der Waals surface area contributed by atoms with E-state index in [1.165, 1.54) is 31.8 Å². The molecule has 0 saturated heterocycles. The predicted octanol–water partition coefficient (Wildman–Crippen LogP) is 0.800. The van der Waals surface area contributed by atoms with Gasteiger partial charge in [0.15, 0.2) is 0 Å². The Balaban J connectivity index is 4.12. The molecule has 19 nitrogen and oxygen atoms in total. The van der Waals surface area contributed by atoms with Crippen molar-refractivity contribution < 1.29 is 57.0 Å². The van der Waals surface area contributed by atoms with Gasteiger partial charge in [-0.15, -0.1) is 0 Å². The number of nitrogens with zero attached hydrogens (tertiary/aromatic N) is 3. The summed E-state index contributed by atoms with van der Waals surface area (Å²) >= 11 is 0. The number of nitrogens with two attached hydrogens (primary N) is 3. The smallest absolute Gasteiger partial charge is 0.252 e. The summed E-state index contributed by atoms with van der Waals surface area (Å²) in [6.45, 7) is 15.6. The van der Waals surface area contributed by atoms with Crippen LogP contribution in [0.25, 0.3) is 0 Å². The van der Waals surface area contributed by atoms with Crippen LogP contribution < -0.4 is 22.6 Å². The van der Waals surface area contributed by atoms with Crippen LogP contribution >= 0.6 is 0 Å². The van der Waals surface area contributed by atoms with E-state index in [9.17, 15) is 14.4 Å². The second kappa shape index (κ2) is 45.7. The number of rotatable bonds is 47. The molecule has 3 amide bonds. The fraction of sp³-hybridized carbons (Fsp3) is 0.829. The highest BCUT2D eigenvalue weighted by molar-refractivity contribution is 5.94. The van der Waals surface area contributed by atoms with Gasteiger partial charge >= 0.3 is 0 Å². The SMILES string of the molecule is C/C=C\C(=O)N(C=O)CCNC(=O)CCOCCOCCOCCN(CCOCCOCCOCCN)CCOCCOCCOCCN(N)/C=C(\N)CCCCCCC. The first-order valence-corrected chi connectivity index (χ1v) is 21.6. The van der Waals surface area contributed by atoms with Gasteiger partial charge in [-0.1, -0.05) is 38.7 Å². The normalized spacial score (nSPS) is 11.8. The number of hydrazine groups is 1. The first-order chi connectivity index (χ1) is 29.4. The highest BCUT2D eigenvalue weighted by atomic mass is 16.6. The van der Waals surface area contributed by atoms with E-state index in [2.05, 4.69) is 17.1 Å². The molecule has 19 heteroatoms. The Bertz CT molecular complexity index is 1050. The number of carbonyl (C=O) groups excluding carboxylic acids is 3. The van der Waals surface area contributed by atoms with E-state index in [4.69, 9.17) is 59.9 Å². The molecule has 352 valence electrons. The Morgan fingerprint density at radius 3 is 1.50 bits per heavy atom. The van der Waals surface area contributed by atoms with E-state index in [0.717, 1.165) is 23.4 Å². The molecule has 0 aliphatic heterocycles. The lowest BCUT2D eigenvalue weighted by Crippen LogP contribution is -2.37. The Morgan fingerprint density at radius 2 is 1.03 bits per heavy atom. The first-order valence-electron chi connectivity index (χ1n) is 21.6. The van der Waals surface area contributed by atoms with Crippen molar-refractivity contribution in [3.8, 4) is 0 Å². The van der Waals surface area contributed by atoms with Crippen molar-refractivity contribution in [1.82, 2.24) is 20.1 Å². The fourth-order valence-electron chi connectivity index (χ4n) is 5.09. The molecule has 0 radical (unpaired) electrons. The molecule has 0 bridgehead atoms. The molecule has 0 unspecified atom stereocenters. The second-order valence-corrected chi connectivity index (χ2v) is 13.5. The average Bonchev–Trinajstić information content (AvgIpc) is 3.23. The van der Waals surface area contributed by atoms with Gasteiger partial charge in [-0.05, 0) is 25.8 Å². The van der Waals surface area contributed by atoms with Crippen LogP contribution in [0.2, 0.25) is 0 Å². The molecule has 0 aromatic heterocycles. The van der Waals surface area contributed by atoms with Crippen molar-refractivity contribution in [1.29, 1.82) is 0 Å². The molecule has 7 N–H and O–H groups in total. The minimum absolute atomic E-state index is 0.0959. The molecule has 0 aromatic rings. The van der Waals surface area contributed by atoms with Crippen molar-refractivity contribution >= 4 is 18.2 Å². The number of nitrogens with one attached hydrogen (secondary N) is 1. The summed E-state index contributed by atoms with van der Waals surface area (Å²) in [6, 6.07) is 0. The van der Waals surface area contributed by atoms with Crippen molar-refractivity contribution in [3.05, 3.63) is 24.0 Å². The largest absolute Gasteiger partial charge is 0.401 e. The van der Waals surface area contributed by atoms with Crippen LogP contribution in [0, 0.1) is 0 Å². The minimum Gasteiger partial charge on any atom is -0.401 e. The molecule has 60 heavy (non-hydrogen) atoms. The van der Waals surface area contributed by atoms with E-state index in [1.807, 2.05) is 0 Å². The van der Waals surface area contributed by atoms with Gasteiger partial charge < -0.3 is 64.4 Å². The number of unbranched alkanes of at least 4 members (excludes halogenated alkanes) is 4. The first kappa shape index (κ1) is 57.2. The molecule has 0 spiro atoms. The maximum absolute atomic E-state index is 12.0. The number of amides is 3. The van der Waals surface area contributed by atoms with Gasteiger partial charge in [0.1, 0.15) is 0 Å². The quantitative estimate of drug-likeness (QED) is 0.0218. The molecule has 0 heterocycles. The summed E-state index contributed by atoms with van der Waals surface area (Å²) in [5.74, 6) is 5.36. The van der Waals surface area contributed by atoms with E-state index in [-0.39, 0.29) is 32.0 Å². The van der Waals surface area contributed by atoms with Gasteiger partial charge in [-0.2, -0.15) is 0 Å². The van der Waals surface area contributed by atoms with Gasteiger partial charge in [-0.25, -0.2) is 5.84 Å². The van der Waals surface area contributed by atoms with Crippen LogP contribution in [-0.4, -0.2) is 198 Å². The van der Waals surface area contributed by atoms with Crippen molar-refractivity contribution in [3.63, 3.8) is 0 Å². The van der Waals surface area contributed by atoms with Crippen LogP contribution in [0.1, 0.15) is 58.8 Å². The summed E-state index contributed by atoms with van der Waals surface area (Å²) < 4.78 is 50.5. The van der Waals surface area contributed by atoms with Gasteiger partial charge in [0.2, 0.25) is 12.3 Å². The summed E-state index contributed by atoms with van der Waals surface area (Å²) in [4.78, 5) is 37.9. The van der Waals surface area contributed by atoms with Gasteiger partial charge in [-0.3, -0.25) is 24.2 Å². The van der Waals surface area contributed by atoms with Gasteiger partial charge in [0.05, 0.1) is 125 Å². The molecule has 0 aliphatic carbocycles. The Labute approximate surface area is 359 Å². The minimum atomic E-state index is -0.429. The summed E-state index contributed by atoms with van der Waals surface area (Å²) in [7, 11) is 0. The van der Waals surface area contributed by atoms with Crippen LogP contribution in [0.5, 0.6) is 0 Å². The monoisotopic (exact) mass is 864 g/mol. The number of allylic oxidation sites excluding steroid dienone is 2. The van der Waals surface area contributed by atoms with Gasteiger partial charge in [0, 0.05) is 57.6 Å². The molecule has 0 aliphatic rings. The van der Waals surface area contributed by atoms with Crippen molar-refractivity contribution in [2.75, 3.05) is 165 Å². The Hall–Kier alpha value is -2.79. The lowest BCUT2D eigenvalue weighted by atomic mass is 10.1. The number of hydrogen-bond donors (Lipinski definition) is 4. The number of carbonyl (C=O) groups is 3. The third-order valence-corrected chi connectivity index (χ3v) is 8.41. The van der Waals surface area contributed by atoms with E-state index < -0.39 is 5.91 Å². The lowest BCUT2D eigenvalue weighted by molar-refractivity contribution is -0.135. The van der Waals surface area contributed by atoms with E-state index >= 15 is 0 Å². The van der Waals surface area contributed by atoms with Crippen LogP contribution in [-0.2, 0) is 57.0 Å². The molecular formula is C41H81N7O12. The molecule has 0 rings (SSSR count). The highest BCUT2D eigenvalue weighted by Gasteiger charge is 2.10. The Morgan fingerprint density at radius 1 is 0.583 bits per heavy atom. The third-order valence-electron chi connectivity index (χ3n) is 8.41. The molecule has 0 saturated carbocycles. The number of imide groups is 1. The summed E-state index contributed by atoms with van der Waals surface area (Å²) in [5.41, 5.74) is 12.3. The Kier molecular flexibility index (Phi) is 43.6. The van der Waals surface area contributed by atoms with Crippen LogP contribution in [0.3, 0.4) is 0 Å². The molecule has 0 fully saturated rings. The van der Waals surface area contributed by atoms with E-state index in [1.54, 1.807) is 24.2 Å². The average molecular weight is 864 g/mol. The molecule has 0 atom stereocenters. The van der Waals surface area contributed by atoms with Crippen LogP contribution in [0.4, 0.5) is 0 Å². The van der Waals surface area contributed by atoms with Crippen LogP contribution in [0.15, 0.2) is 24.0 Å². The number of ether oxygens (including phenoxy) is 9. The standard InChI is InChI=1S/C41H81N7O12/c1-3-5-6-7-8-10-39(43)37-48(44)18-24-57-30-36-60-35-29-56-23-17-46(16-22-55-28-34-59-32-26-53-20-12-42)15-21-54-27-33-58-31-25-52-19-11-40(50)45-13-14-47(38-49)41(51)9-4-2/h4,9,37-38H,3,5-8,10-36,42-44H2,1-2H3,(H,45,50)/b9-4-,39-37-. The molecule has 0 aromatic carbocycles. The molecular weight excluding hydrogens is 782 g/mol. The topological polar surface area (TPSA) is 234 Å². The summed E-state index contributed by atoms with van der Waals surface area (Å²) in [5, 5.41) is 4.24. The third kappa shape index (κ3) is 40.6. The van der Waals surface area contributed by atoms with Crippen molar-refractivity contribution in [2.45, 2.75) is 58.8 Å². The summed E-state index contributed by atoms with van der Waals surface area (Å²) in [6.07, 6.45) is 12.1. The zero-order valence-corrected chi connectivity index (χ0v) is 36.9. The zero-order valence-electron chi connectivity index (χ0n) is 36.9. The fourth-order valence-corrected chi connectivity index (χ4v) is 5.09. The predicted molar refractivity (Wildman–Crippen MR) is 230 cm³/mol. The van der Waals surface area contributed by atoms with Crippen molar-refractivity contribution in [2.24, 2.45) is 17.3 Å². The number of hydrogen-bond acceptors (Lipinski definition) is 17.